The van der Waals surface area contributed by atoms with E-state index in [4.69, 9.17) is 9.84 Å². The van der Waals surface area contributed by atoms with Gasteiger partial charge in [0.25, 0.3) is 0 Å². The van der Waals surface area contributed by atoms with Crippen LogP contribution in [-0.2, 0) is 17.9 Å². The summed E-state index contributed by atoms with van der Waals surface area (Å²) in [6.07, 6.45) is 8.80. The number of rotatable bonds is 13. The van der Waals surface area contributed by atoms with Gasteiger partial charge in [-0.2, -0.15) is 0 Å². The number of carbonyl (C=O) groups is 1. The molecular weight excluding hydrogens is 374 g/mol. The summed E-state index contributed by atoms with van der Waals surface area (Å²) in [5, 5.41) is 12.0. The largest absolute Gasteiger partial charge is 0.482 e. The number of aliphatic carboxylic acids is 1. The molecule has 0 amide bonds. The molecule has 0 aliphatic heterocycles. The molecule has 2 N–H and O–H groups in total. The van der Waals surface area contributed by atoms with Crippen LogP contribution in [-0.4, -0.2) is 17.7 Å². The lowest BCUT2D eigenvalue weighted by Crippen LogP contribution is -2.12. The predicted molar refractivity (Wildman–Crippen MR) is 121 cm³/mol. The van der Waals surface area contributed by atoms with Crippen molar-refractivity contribution >= 4 is 5.97 Å². The van der Waals surface area contributed by atoms with Gasteiger partial charge in [-0.05, 0) is 41.8 Å². The van der Waals surface area contributed by atoms with Crippen molar-refractivity contribution in [1.82, 2.24) is 5.32 Å². The molecule has 4 heteroatoms. The number of hydrogen-bond donors (Lipinski definition) is 2. The van der Waals surface area contributed by atoms with Gasteiger partial charge < -0.3 is 15.2 Å². The van der Waals surface area contributed by atoms with Gasteiger partial charge in [0.2, 0.25) is 0 Å². The van der Waals surface area contributed by atoms with Crippen LogP contribution in [0.1, 0.15) is 68.6 Å². The van der Waals surface area contributed by atoms with Gasteiger partial charge >= 0.3 is 5.97 Å². The molecule has 0 atom stereocenters. The van der Waals surface area contributed by atoms with Crippen molar-refractivity contribution in [2.24, 2.45) is 0 Å². The van der Waals surface area contributed by atoms with Crippen LogP contribution < -0.4 is 10.1 Å². The number of nitrogens with one attached hydrogen (secondary N) is 1. The number of carboxylic acid groups (broad SMARTS) is 1. The minimum atomic E-state index is -0.976. The third-order valence-corrected chi connectivity index (χ3v) is 4.79. The first-order chi connectivity index (χ1) is 14.7. The molecule has 160 valence electrons. The molecule has 30 heavy (non-hydrogen) atoms. The van der Waals surface area contributed by atoms with E-state index in [9.17, 15) is 4.79 Å². The third-order valence-electron chi connectivity index (χ3n) is 4.79. The Kier molecular flexibility index (Phi) is 11.2. The normalized spacial score (nSPS) is 10.3. The first-order valence-corrected chi connectivity index (χ1v) is 10.9. The van der Waals surface area contributed by atoms with Gasteiger partial charge in [-0.1, -0.05) is 75.1 Å². The summed E-state index contributed by atoms with van der Waals surface area (Å²) in [4.78, 5) is 10.5. The highest BCUT2D eigenvalue weighted by Gasteiger charge is 2.00. The van der Waals surface area contributed by atoms with Crippen LogP contribution in [0, 0.1) is 11.8 Å². The standard InChI is InChI=1S/C26H33NO3/c1-2-3-4-5-6-7-8-9-10-22-11-13-23(14-12-22)19-27-20-24-15-17-25(18-16-24)30-21-26(28)29/h11-18,27H,2-8,19-21H2,1H3,(H,28,29). The minimum absolute atomic E-state index is 0.322. The Labute approximate surface area is 180 Å². The fourth-order valence-electron chi connectivity index (χ4n) is 3.06. The van der Waals surface area contributed by atoms with E-state index < -0.39 is 5.97 Å². The maximum absolute atomic E-state index is 10.5. The average Bonchev–Trinajstić information content (AvgIpc) is 2.76. The summed E-state index contributed by atoms with van der Waals surface area (Å²) in [6, 6.07) is 15.9. The van der Waals surface area contributed by atoms with Gasteiger partial charge in [0.15, 0.2) is 6.61 Å². The molecule has 0 aliphatic rings. The van der Waals surface area contributed by atoms with Crippen LogP contribution in [0.5, 0.6) is 5.75 Å². The summed E-state index contributed by atoms with van der Waals surface area (Å²) >= 11 is 0. The number of benzene rings is 2. The first-order valence-electron chi connectivity index (χ1n) is 10.9. The van der Waals surface area contributed by atoms with Crippen LogP contribution in [0.4, 0.5) is 0 Å². The number of carboxylic acids is 1. The minimum Gasteiger partial charge on any atom is -0.482 e. The Morgan fingerprint density at radius 2 is 1.50 bits per heavy atom. The second-order valence-corrected chi connectivity index (χ2v) is 7.45. The van der Waals surface area contributed by atoms with E-state index >= 15 is 0 Å². The van der Waals surface area contributed by atoms with Crippen molar-refractivity contribution in [3.05, 3.63) is 65.2 Å². The maximum Gasteiger partial charge on any atom is 0.341 e. The molecule has 0 radical (unpaired) electrons. The second kappa shape index (κ2) is 14.3. The molecule has 0 fully saturated rings. The SMILES string of the molecule is CCCCCCCCC#Cc1ccc(CNCc2ccc(OCC(=O)O)cc2)cc1. The van der Waals surface area contributed by atoms with Crippen molar-refractivity contribution in [1.29, 1.82) is 0 Å². The van der Waals surface area contributed by atoms with E-state index in [0.717, 1.165) is 30.6 Å². The van der Waals surface area contributed by atoms with Gasteiger partial charge in [-0.25, -0.2) is 4.79 Å². The molecule has 4 nitrogen and oxygen atoms in total. The number of unbranched alkanes of at least 4 members (excludes halogenated alkanes) is 6. The number of hydrogen-bond acceptors (Lipinski definition) is 3. The van der Waals surface area contributed by atoms with Crippen molar-refractivity contribution < 1.29 is 14.6 Å². The number of ether oxygens (including phenoxy) is 1. The van der Waals surface area contributed by atoms with E-state index in [1.54, 1.807) is 12.1 Å². The molecule has 0 saturated heterocycles. The molecule has 0 aliphatic carbocycles. The van der Waals surface area contributed by atoms with E-state index in [1.807, 2.05) is 12.1 Å². The highest BCUT2D eigenvalue weighted by Crippen LogP contribution is 2.12. The van der Waals surface area contributed by atoms with Crippen molar-refractivity contribution in [2.45, 2.75) is 65.0 Å². The van der Waals surface area contributed by atoms with Gasteiger partial charge in [0, 0.05) is 25.1 Å². The highest BCUT2D eigenvalue weighted by atomic mass is 16.5. The molecule has 0 saturated carbocycles. The quantitative estimate of drug-likeness (QED) is 0.338. The molecule has 0 bridgehead atoms. The van der Waals surface area contributed by atoms with Gasteiger partial charge in [0.1, 0.15) is 5.75 Å². The maximum atomic E-state index is 10.5. The van der Waals surface area contributed by atoms with Gasteiger partial charge in [-0.3, -0.25) is 0 Å². The zero-order chi connectivity index (χ0) is 21.4. The van der Waals surface area contributed by atoms with Crippen molar-refractivity contribution in [2.75, 3.05) is 6.61 Å². The van der Waals surface area contributed by atoms with Crippen LogP contribution in [0.15, 0.2) is 48.5 Å². The van der Waals surface area contributed by atoms with Crippen LogP contribution in [0.25, 0.3) is 0 Å². The van der Waals surface area contributed by atoms with Crippen molar-refractivity contribution in [3.8, 4) is 17.6 Å². The van der Waals surface area contributed by atoms with Gasteiger partial charge in [0.05, 0.1) is 0 Å². The Hall–Kier alpha value is -2.77. The van der Waals surface area contributed by atoms with Crippen LogP contribution >= 0.6 is 0 Å². The zero-order valence-corrected chi connectivity index (χ0v) is 18.0. The second-order valence-electron chi connectivity index (χ2n) is 7.45. The fourth-order valence-corrected chi connectivity index (χ4v) is 3.06. The molecular formula is C26H33NO3. The summed E-state index contributed by atoms with van der Waals surface area (Å²) in [6.45, 7) is 3.44. The summed E-state index contributed by atoms with van der Waals surface area (Å²) in [5.74, 6) is 6.14. The first kappa shape index (κ1) is 23.5. The Morgan fingerprint density at radius 3 is 2.13 bits per heavy atom. The van der Waals surface area contributed by atoms with E-state index in [0.29, 0.717) is 5.75 Å². The fraction of sp³-hybridized carbons (Fsp3) is 0.423. The van der Waals surface area contributed by atoms with Crippen molar-refractivity contribution in [3.63, 3.8) is 0 Å². The van der Waals surface area contributed by atoms with E-state index in [2.05, 4.69) is 48.3 Å². The van der Waals surface area contributed by atoms with Crippen LogP contribution in [0.3, 0.4) is 0 Å². The molecule has 2 rings (SSSR count). The Bertz CT molecular complexity index is 801. The predicted octanol–water partition coefficient (Wildman–Crippen LogP) is 5.54. The van der Waals surface area contributed by atoms with Crippen LogP contribution in [0.2, 0.25) is 0 Å². The van der Waals surface area contributed by atoms with E-state index in [-0.39, 0.29) is 6.61 Å². The molecule has 0 aromatic heterocycles. The lowest BCUT2D eigenvalue weighted by Gasteiger charge is -2.07. The molecule has 2 aromatic carbocycles. The Morgan fingerprint density at radius 1 is 0.900 bits per heavy atom. The topological polar surface area (TPSA) is 58.6 Å². The average molecular weight is 408 g/mol. The summed E-state index contributed by atoms with van der Waals surface area (Å²) in [5.41, 5.74) is 3.41. The lowest BCUT2D eigenvalue weighted by molar-refractivity contribution is -0.139. The third kappa shape index (κ3) is 10.1. The van der Waals surface area contributed by atoms with Gasteiger partial charge in [-0.15, -0.1) is 0 Å². The summed E-state index contributed by atoms with van der Waals surface area (Å²) < 4.78 is 5.14. The zero-order valence-electron chi connectivity index (χ0n) is 18.0. The molecule has 0 unspecified atom stereocenters. The monoisotopic (exact) mass is 407 g/mol. The summed E-state index contributed by atoms with van der Waals surface area (Å²) in [7, 11) is 0. The molecule has 0 spiro atoms. The lowest BCUT2D eigenvalue weighted by atomic mass is 10.1. The highest BCUT2D eigenvalue weighted by molar-refractivity contribution is 5.68. The van der Waals surface area contributed by atoms with E-state index in [1.165, 1.54) is 44.1 Å². The molecule has 0 heterocycles. The smallest absolute Gasteiger partial charge is 0.341 e. The Balaban J connectivity index is 1.65. The molecule has 2 aromatic rings.